The maximum atomic E-state index is 8.35. The van der Waals surface area contributed by atoms with Crippen LogP contribution in [0.15, 0.2) is 72.8 Å². The highest BCUT2D eigenvalue weighted by Gasteiger charge is 2.06. The third kappa shape index (κ3) is 5.13. The maximum Gasteiger partial charge on any atom is 0.231 e. The average molecular weight is 357 g/mol. The molecule has 0 amide bonds. The standard InChI is InChI=1S/C18H12.3CHNO/c1-2-8-14-13(7-1)15-9-3-4-11-17(15)18-12-6-5-10-16(14)18;3*2-1-3/h1-12H;3*2H. The number of isocyanates is 3. The number of benzene rings is 4. The Labute approximate surface area is 154 Å². The first kappa shape index (κ1) is 20.8. The lowest BCUT2D eigenvalue weighted by atomic mass is 9.95. The minimum absolute atomic E-state index is 0.750. The van der Waals surface area contributed by atoms with Crippen molar-refractivity contribution in [1.82, 2.24) is 0 Å². The molecule has 0 aliphatic rings. The molecular formula is C21H15N3O3. The zero-order valence-corrected chi connectivity index (χ0v) is 14.2. The molecule has 0 atom stereocenters. The first-order valence-electron chi connectivity index (χ1n) is 7.59. The van der Waals surface area contributed by atoms with Crippen LogP contribution < -0.4 is 0 Å². The summed E-state index contributed by atoms with van der Waals surface area (Å²) in [5.74, 6) is 0. The van der Waals surface area contributed by atoms with Crippen molar-refractivity contribution in [2.75, 3.05) is 0 Å². The Kier molecular flexibility index (Phi) is 8.78. The molecule has 0 aromatic heterocycles. The molecule has 4 aromatic carbocycles. The monoisotopic (exact) mass is 357 g/mol. The Bertz CT molecular complexity index is 902. The first-order chi connectivity index (χ1) is 13.2. The van der Waals surface area contributed by atoms with Crippen molar-refractivity contribution in [2.45, 2.75) is 0 Å². The Balaban J connectivity index is 0.000000349. The largest absolute Gasteiger partial charge is 0.231 e. The molecule has 0 aliphatic heterocycles. The Morgan fingerprint density at radius 3 is 0.630 bits per heavy atom. The quantitative estimate of drug-likeness (QED) is 0.237. The summed E-state index contributed by atoms with van der Waals surface area (Å²) in [6, 6.07) is 26.0. The van der Waals surface area contributed by atoms with E-state index in [1.165, 1.54) is 32.3 Å². The lowest BCUT2D eigenvalue weighted by molar-refractivity contribution is 0.562. The van der Waals surface area contributed by atoms with Crippen LogP contribution in [-0.4, -0.2) is 18.2 Å². The van der Waals surface area contributed by atoms with E-state index >= 15 is 0 Å². The molecule has 4 rings (SSSR count). The van der Waals surface area contributed by atoms with Crippen LogP contribution in [0, 0.1) is 16.2 Å². The molecule has 6 nitrogen and oxygen atoms in total. The van der Waals surface area contributed by atoms with E-state index in [0.717, 1.165) is 18.2 Å². The topological polar surface area (TPSA) is 123 Å². The van der Waals surface area contributed by atoms with Gasteiger partial charge >= 0.3 is 0 Å². The summed E-state index contributed by atoms with van der Waals surface area (Å²) in [5, 5.41) is 24.2. The predicted octanol–water partition coefficient (Wildman–Crippen LogP) is 4.85. The molecule has 132 valence electrons. The lowest BCUT2D eigenvalue weighted by Crippen LogP contribution is -1.81. The minimum atomic E-state index is 0.750. The Morgan fingerprint density at radius 1 is 0.407 bits per heavy atom. The molecule has 6 heteroatoms. The summed E-state index contributed by atoms with van der Waals surface area (Å²) in [7, 11) is 0. The third-order valence-electron chi connectivity index (χ3n) is 3.65. The second-order valence-corrected chi connectivity index (χ2v) is 4.94. The summed E-state index contributed by atoms with van der Waals surface area (Å²) < 4.78 is 0. The van der Waals surface area contributed by atoms with Gasteiger partial charge in [-0.25, -0.2) is 30.6 Å². The highest BCUT2D eigenvalue weighted by atomic mass is 16.1. The number of hydrogen-bond acceptors (Lipinski definition) is 6. The lowest BCUT2D eigenvalue weighted by Gasteiger charge is -2.09. The number of hydrogen-bond donors (Lipinski definition) is 3. The zero-order valence-electron chi connectivity index (χ0n) is 14.2. The average Bonchev–Trinajstić information content (AvgIpc) is 2.70. The van der Waals surface area contributed by atoms with Gasteiger partial charge in [0.2, 0.25) is 18.2 Å². The molecule has 0 spiro atoms. The number of nitrogens with one attached hydrogen (secondary N) is 3. The van der Waals surface area contributed by atoms with Crippen molar-refractivity contribution >= 4 is 50.6 Å². The SMILES string of the molecule is N=C=O.N=C=O.N=C=O.c1ccc2c(c1)c1ccccc1c1ccccc21. The molecule has 0 unspecified atom stereocenters. The normalized spacial score (nSPS) is 8.44. The van der Waals surface area contributed by atoms with Crippen LogP contribution in [-0.2, 0) is 14.4 Å². The van der Waals surface area contributed by atoms with Crippen molar-refractivity contribution in [2.24, 2.45) is 0 Å². The van der Waals surface area contributed by atoms with Crippen LogP contribution in [0.3, 0.4) is 0 Å². The summed E-state index contributed by atoms with van der Waals surface area (Å²) in [6.07, 6.45) is 2.25. The van der Waals surface area contributed by atoms with E-state index < -0.39 is 0 Å². The van der Waals surface area contributed by atoms with Gasteiger partial charge in [0.05, 0.1) is 0 Å². The molecule has 0 radical (unpaired) electrons. The second-order valence-electron chi connectivity index (χ2n) is 4.94. The van der Waals surface area contributed by atoms with Gasteiger partial charge in [0.15, 0.2) is 0 Å². The minimum Gasteiger partial charge on any atom is -0.222 e. The van der Waals surface area contributed by atoms with Crippen LogP contribution >= 0.6 is 0 Å². The van der Waals surface area contributed by atoms with E-state index in [0.29, 0.717) is 0 Å². The van der Waals surface area contributed by atoms with Gasteiger partial charge in [0.25, 0.3) is 0 Å². The number of rotatable bonds is 0. The second kappa shape index (κ2) is 11.4. The van der Waals surface area contributed by atoms with Gasteiger partial charge in [0.1, 0.15) is 0 Å². The van der Waals surface area contributed by atoms with E-state index in [4.69, 9.17) is 30.6 Å². The third-order valence-corrected chi connectivity index (χ3v) is 3.65. The molecule has 27 heavy (non-hydrogen) atoms. The molecule has 0 saturated carbocycles. The van der Waals surface area contributed by atoms with Gasteiger partial charge in [-0.05, 0) is 32.3 Å². The van der Waals surface area contributed by atoms with Crippen LogP contribution in [0.4, 0.5) is 0 Å². The van der Waals surface area contributed by atoms with Crippen LogP contribution in [0.1, 0.15) is 0 Å². The van der Waals surface area contributed by atoms with Crippen molar-refractivity contribution in [3.05, 3.63) is 72.8 Å². The van der Waals surface area contributed by atoms with E-state index in [-0.39, 0.29) is 0 Å². The number of fused-ring (bicyclic) bond motifs is 6. The van der Waals surface area contributed by atoms with E-state index in [2.05, 4.69) is 72.8 Å². The van der Waals surface area contributed by atoms with Gasteiger partial charge < -0.3 is 0 Å². The molecular weight excluding hydrogens is 342 g/mol. The Morgan fingerprint density at radius 2 is 0.519 bits per heavy atom. The Hall–Kier alpha value is -4.20. The summed E-state index contributed by atoms with van der Waals surface area (Å²) >= 11 is 0. The van der Waals surface area contributed by atoms with Crippen LogP contribution in [0.5, 0.6) is 0 Å². The summed E-state index contributed by atoms with van der Waals surface area (Å²) in [6.45, 7) is 0. The summed E-state index contributed by atoms with van der Waals surface area (Å²) in [5.41, 5.74) is 0. The van der Waals surface area contributed by atoms with E-state index in [9.17, 15) is 0 Å². The van der Waals surface area contributed by atoms with E-state index in [1.54, 1.807) is 0 Å². The van der Waals surface area contributed by atoms with Gasteiger partial charge in [-0.2, -0.15) is 0 Å². The van der Waals surface area contributed by atoms with Crippen molar-refractivity contribution < 1.29 is 14.4 Å². The van der Waals surface area contributed by atoms with Gasteiger partial charge in [-0.3, -0.25) is 0 Å². The molecule has 4 aromatic rings. The highest BCUT2D eigenvalue weighted by molar-refractivity contribution is 6.25. The van der Waals surface area contributed by atoms with Gasteiger partial charge in [-0.15, -0.1) is 0 Å². The van der Waals surface area contributed by atoms with Crippen molar-refractivity contribution in [1.29, 1.82) is 16.2 Å². The molecule has 0 fully saturated rings. The smallest absolute Gasteiger partial charge is 0.222 e. The molecule has 0 bridgehead atoms. The summed E-state index contributed by atoms with van der Waals surface area (Å²) in [4.78, 5) is 25.0. The molecule has 0 aliphatic carbocycles. The highest BCUT2D eigenvalue weighted by Crippen LogP contribution is 2.34. The van der Waals surface area contributed by atoms with E-state index in [1.807, 2.05) is 0 Å². The van der Waals surface area contributed by atoms with Gasteiger partial charge in [-0.1, -0.05) is 72.8 Å². The van der Waals surface area contributed by atoms with Crippen LogP contribution in [0.2, 0.25) is 0 Å². The van der Waals surface area contributed by atoms with Crippen LogP contribution in [0.25, 0.3) is 32.3 Å². The fourth-order valence-corrected chi connectivity index (χ4v) is 2.86. The van der Waals surface area contributed by atoms with Crippen molar-refractivity contribution in [3.63, 3.8) is 0 Å². The van der Waals surface area contributed by atoms with Gasteiger partial charge in [0, 0.05) is 0 Å². The fourth-order valence-electron chi connectivity index (χ4n) is 2.86. The molecule has 3 N–H and O–H groups in total. The first-order valence-corrected chi connectivity index (χ1v) is 7.59. The predicted molar refractivity (Wildman–Crippen MR) is 104 cm³/mol. The molecule has 0 saturated heterocycles. The zero-order chi connectivity index (χ0) is 20.1. The fraction of sp³-hybridized carbons (Fsp3) is 0. The number of carbonyl (C=O) groups excluding carboxylic acids is 3. The maximum absolute atomic E-state index is 8.35. The van der Waals surface area contributed by atoms with Crippen molar-refractivity contribution in [3.8, 4) is 0 Å². The molecule has 0 heterocycles.